The van der Waals surface area contributed by atoms with Crippen LogP contribution in [0.5, 0.6) is 0 Å². The summed E-state index contributed by atoms with van der Waals surface area (Å²) in [7, 11) is -3.97. The average molecular weight is 446 g/mol. The first-order chi connectivity index (χ1) is 12.6. The maximum Gasteiger partial charge on any atom is 0.231 e. The Kier molecular flexibility index (Phi) is 7.33. The third-order valence-electron chi connectivity index (χ3n) is 4.40. The van der Waals surface area contributed by atoms with Crippen molar-refractivity contribution in [1.82, 2.24) is 0 Å². The largest absolute Gasteiger partial charge is 0.307 e. The van der Waals surface area contributed by atoms with Gasteiger partial charge in [-0.15, -0.1) is 0 Å². The second-order valence-corrected chi connectivity index (χ2v) is 10.4. The maximum absolute atomic E-state index is 13.8. The number of hydrogen-bond donors (Lipinski definition) is 0. The third-order valence-corrected chi connectivity index (χ3v) is 7.92. The molecule has 0 aliphatic carbocycles. The van der Waals surface area contributed by atoms with Crippen LogP contribution in [0.3, 0.4) is 0 Å². The van der Waals surface area contributed by atoms with E-state index in [0.29, 0.717) is 29.5 Å². The van der Waals surface area contributed by atoms with Gasteiger partial charge in [-0.1, -0.05) is 66.3 Å². The van der Waals surface area contributed by atoms with Gasteiger partial charge in [0.15, 0.2) is 0 Å². The van der Waals surface area contributed by atoms with Crippen molar-refractivity contribution >= 4 is 53.0 Å². The molecule has 27 heavy (non-hydrogen) atoms. The van der Waals surface area contributed by atoms with Crippen LogP contribution in [-0.4, -0.2) is 17.2 Å². The molecule has 0 heterocycles. The molecule has 2 aromatic carbocycles. The molecule has 0 saturated heterocycles. The molecule has 7 heteroatoms. The number of carbonyl (C=O) groups is 2. The van der Waals surface area contributed by atoms with Crippen molar-refractivity contribution in [3.05, 3.63) is 67.7 Å². The Morgan fingerprint density at radius 2 is 1.41 bits per heavy atom. The van der Waals surface area contributed by atoms with Gasteiger partial charge < -0.3 is 4.57 Å². The van der Waals surface area contributed by atoms with Gasteiger partial charge in [-0.3, -0.25) is 9.59 Å². The van der Waals surface area contributed by atoms with Crippen molar-refractivity contribution in [2.75, 3.05) is 6.16 Å². The van der Waals surface area contributed by atoms with Gasteiger partial charge in [0.05, 0.1) is 15.6 Å². The summed E-state index contributed by atoms with van der Waals surface area (Å²) in [6, 6.07) is 8.05. The number of unbranched alkanes of at least 4 members (excludes halogenated alkanes) is 1. The van der Waals surface area contributed by atoms with E-state index in [2.05, 4.69) is 0 Å². The fourth-order valence-electron chi connectivity index (χ4n) is 2.94. The van der Waals surface area contributed by atoms with E-state index in [0.717, 1.165) is 0 Å². The fraction of sp³-hybridized carbons (Fsp3) is 0.300. The van der Waals surface area contributed by atoms with Crippen LogP contribution >= 0.6 is 41.9 Å². The highest BCUT2D eigenvalue weighted by molar-refractivity contribution is 7.95. The number of hydrogen-bond acceptors (Lipinski definition) is 3. The lowest BCUT2D eigenvalue weighted by Gasteiger charge is -2.19. The number of carbonyl (C=O) groups excluding carboxylic acids is 2. The number of aryl methyl sites for hydroxylation is 2. The number of benzene rings is 2. The minimum atomic E-state index is -3.97. The Morgan fingerprint density at radius 3 is 1.89 bits per heavy atom. The van der Waals surface area contributed by atoms with Crippen LogP contribution in [0, 0.1) is 13.8 Å². The topological polar surface area (TPSA) is 51.2 Å². The van der Waals surface area contributed by atoms with Gasteiger partial charge in [-0.25, -0.2) is 0 Å². The Labute approximate surface area is 174 Å². The predicted molar refractivity (Wildman–Crippen MR) is 113 cm³/mol. The molecule has 0 spiro atoms. The molecule has 1 atom stereocenters. The molecule has 0 aliphatic heterocycles. The summed E-state index contributed by atoms with van der Waals surface area (Å²) >= 11 is 18.2. The first-order valence-electron chi connectivity index (χ1n) is 8.53. The van der Waals surface area contributed by atoms with Gasteiger partial charge >= 0.3 is 0 Å². The number of rotatable bonds is 7. The maximum atomic E-state index is 13.8. The highest BCUT2D eigenvalue weighted by Crippen LogP contribution is 2.55. The number of halogens is 3. The summed E-state index contributed by atoms with van der Waals surface area (Å²) in [6.07, 6.45) is 1.14. The monoisotopic (exact) mass is 444 g/mol. The average Bonchev–Trinajstić information content (AvgIpc) is 2.58. The summed E-state index contributed by atoms with van der Waals surface area (Å²) in [5, 5.41) is 0.234. The van der Waals surface area contributed by atoms with Crippen molar-refractivity contribution in [3.8, 4) is 0 Å². The van der Waals surface area contributed by atoms with Crippen LogP contribution in [0.15, 0.2) is 30.3 Å². The van der Waals surface area contributed by atoms with Crippen LogP contribution in [-0.2, 0) is 4.57 Å². The van der Waals surface area contributed by atoms with Crippen LogP contribution in [0.1, 0.15) is 51.6 Å². The zero-order valence-electron chi connectivity index (χ0n) is 15.3. The van der Waals surface area contributed by atoms with E-state index in [-0.39, 0.29) is 26.8 Å². The van der Waals surface area contributed by atoms with Gasteiger partial charge in [0.25, 0.3) is 0 Å². The van der Waals surface area contributed by atoms with E-state index in [1.54, 1.807) is 26.0 Å². The molecule has 0 N–H and O–H groups in total. The van der Waals surface area contributed by atoms with E-state index in [9.17, 15) is 14.2 Å². The van der Waals surface area contributed by atoms with Gasteiger partial charge in [-0.2, -0.15) is 0 Å². The molecule has 0 saturated carbocycles. The summed E-state index contributed by atoms with van der Waals surface area (Å²) in [4.78, 5) is 26.6. The normalized spacial score (nSPS) is 13.3. The molecule has 144 valence electrons. The molecule has 0 bridgehead atoms. The van der Waals surface area contributed by atoms with Crippen LogP contribution in [0.4, 0.5) is 0 Å². The van der Waals surface area contributed by atoms with E-state index in [1.807, 2.05) is 13.0 Å². The molecule has 1 unspecified atom stereocenters. The third kappa shape index (κ3) is 4.49. The minimum Gasteiger partial charge on any atom is -0.307 e. The molecular weight excluding hydrogens is 426 g/mol. The standard InChI is InChI=1S/C20H20Cl3O3P/c1-4-5-9-27(26,19(24)17-12(2)7-6-8-13(17)3)20(25)18-15(22)10-14(21)11-16(18)23/h6-8,10-11H,4-5,9H2,1-3H3. The fourth-order valence-corrected chi connectivity index (χ4v) is 6.72. The minimum absolute atomic E-state index is 0.0106. The quantitative estimate of drug-likeness (QED) is 0.417. The lowest BCUT2D eigenvalue weighted by Crippen LogP contribution is -2.16. The summed E-state index contributed by atoms with van der Waals surface area (Å²) in [5.41, 5.74) is 0.123. The van der Waals surface area contributed by atoms with Gasteiger partial charge in [0, 0.05) is 16.7 Å². The van der Waals surface area contributed by atoms with Crippen molar-refractivity contribution in [1.29, 1.82) is 0 Å². The Balaban J connectivity index is 2.65. The molecule has 2 aromatic rings. The summed E-state index contributed by atoms with van der Waals surface area (Å²) < 4.78 is 13.8. The second kappa shape index (κ2) is 8.92. The SMILES string of the molecule is CCCCP(=O)(C(=O)c1c(C)cccc1C)C(=O)c1c(Cl)cc(Cl)cc1Cl. The molecule has 2 rings (SSSR count). The Morgan fingerprint density at radius 1 is 0.926 bits per heavy atom. The van der Waals surface area contributed by atoms with Crippen molar-refractivity contribution in [2.45, 2.75) is 33.6 Å². The molecule has 0 aliphatic rings. The molecule has 0 fully saturated rings. The van der Waals surface area contributed by atoms with Crippen molar-refractivity contribution in [2.24, 2.45) is 0 Å². The summed E-state index contributed by atoms with van der Waals surface area (Å²) in [6.45, 7) is 5.43. The first kappa shape index (κ1) is 22.2. The van der Waals surface area contributed by atoms with Gasteiger partial charge in [-0.05, 0) is 43.5 Å². The lowest BCUT2D eigenvalue weighted by atomic mass is 10.0. The van der Waals surface area contributed by atoms with Crippen LogP contribution in [0.25, 0.3) is 0 Å². The molecule has 0 radical (unpaired) electrons. The zero-order valence-corrected chi connectivity index (χ0v) is 18.5. The van der Waals surface area contributed by atoms with E-state index < -0.39 is 18.2 Å². The van der Waals surface area contributed by atoms with Crippen LogP contribution < -0.4 is 0 Å². The zero-order chi connectivity index (χ0) is 20.4. The highest BCUT2D eigenvalue weighted by Gasteiger charge is 2.42. The molecule has 3 nitrogen and oxygen atoms in total. The van der Waals surface area contributed by atoms with Crippen LogP contribution in [0.2, 0.25) is 15.1 Å². The Bertz CT molecular complexity index is 910. The van der Waals surface area contributed by atoms with Gasteiger partial charge in [0.2, 0.25) is 18.2 Å². The lowest BCUT2D eigenvalue weighted by molar-refractivity contribution is 0.103. The molecular formula is C20H20Cl3O3P. The van der Waals surface area contributed by atoms with Crippen molar-refractivity contribution in [3.63, 3.8) is 0 Å². The first-order valence-corrected chi connectivity index (χ1v) is 11.6. The molecule has 0 amide bonds. The highest BCUT2D eigenvalue weighted by atomic mass is 35.5. The van der Waals surface area contributed by atoms with Crippen molar-refractivity contribution < 1.29 is 14.2 Å². The molecule has 0 aromatic heterocycles. The summed E-state index contributed by atoms with van der Waals surface area (Å²) in [5.74, 6) is 0. The van der Waals surface area contributed by atoms with Gasteiger partial charge in [0.1, 0.15) is 0 Å². The van der Waals surface area contributed by atoms with E-state index in [4.69, 9.17) is 34.8 Å². The second-order valence-electron chi connectivity index (χ2n) is 6.44. The van der Waals surface area contributed by atoms with E-state index in [1.165, 1.54) is 12.1 Å². The predicted octanol–water partition coefficient (Wildman–Crippen LogP) is 7.41. The smallest absolute Gasteiger partial charge is 0.231 e. The Hall–Kier alpha value is -1.12. The van der Waals surface area contributed by atoms with E-state index >= 15 is 0 Å².